The van der Waals surface area contributed by atoms with Gasteiger partial charge in [0.25, 0.3) is 0 Å². The summed E-state index contributed by atoms with van der Waals surface area (Å²) in [5.41, 5.74) is 5.16. The van der Waals surface area contributed by atoms with Crippen molar-refractivity contribution in [1.82, 2.24) is 0 Å². The molecule has 6 heteroatoms. The summed E-state index contributed by atoms with van der Waals surface area (Å²) < 4.78 is 16.3. The summed E-state index contributed by atoms with van der Waals surface area (Å²) in [7, 11) is 4.95. The van der Waals surface area contributed by atoms with E-state index in [2.05, 4.69) is 12.1 Å². The number of rotatable bonds is 3. The Kier molecular flexibility index (Phi) is 5.21. The van der Waals surface area contributed by atoms with Crippen molar-refractivity contribution in [1.29, 1.82) is 0 Å². The lowest BCUT2D eigenvalue weighted by Gasteiger charge is -2.38. The second kappa shape index (κ2) is 7.25. The minimum atomic E-state index is 0. The molecule has 0 bridgehead atoms. The van der Waals surface area contributed by atoms with E-state index in [0.29, 0.717) is 11.8 Å². The van der Waals surface area contributed by atoms with E-state index in [1.54, 1.807) is 26.2 Å². The summed E-state index contributed by atoms with van der Waals surface area (Å²) in [6.45, 7) is 2.04. The first kappa shape index (κ1) is 18.7. The monoisotopic (exact) mass is 377 g/mol. The fourth-order valence-electron chi connectivity index (χ4n) is 4.27. The Hall–Kier alpha value is -2.11. The number of methoxy groups -OCH3 is 3. The van der Waals surface area contributed by atoms with Crippen molar-refractivity contribution < 1.29 is 36.6 Å². The third kappa shape index (κ3) is 2.95. The lowest BCUT2D eigenvalue weighted by Crippen LogP contribution is -3.13. The minimum Gasteiger partial charge on any atom is -1.00 e. The molecule has 5 nitrogen and oxygen atoms in total. The zero-order valence-corrected chi connectivity index (χ0v) is 16.0. The van der Waals surface area contributed by atoms with Crippen LogP contribution in [0.25, 0.3) is 0 Å². The highest BCUT2D eigenvalue weighted by atomic mass is 35.5. The molecule has 0 aromatic heterocycles. The molecule has 2 aliphatic heterocycles. The van der Waals surface area contributed by atoms with Gasteiger partial charge in [0.2, 0.25) is 0 Å². The Labute approximate surface area is 159 Å². The highest BCUT2D eigenvalue weighted by Crippen LogP contribution is 2.38. The number of fused-ring (bicyclic) bond motifs is 4. The van der Waals surface area contributed by atoms with Gasteiger partial charge in [-0.1, -0.05) is 0 Å². The number of phenolic OH excluding ortho intramolecular Hbond substituents is 1. The van der Waals surface area contributed by atoms with E-state index in [0.717, 1.165) is 37.4 Å². The third-order valence-corrected chi connectivity index (χ3v) is 5.57. The van der Waals surface area contributed by atoms with Crippen molar-refractivity contribution in [3.05, 3.63) is 46.5 Å². The molecule has 4 rings (SSSR count). The van der Waals surface area contributed by atoms with E-state index in [-0.39, 0.29) is 18.2 Å². The number of hydrogen-bond donors (Lipinski definition) is 2. The number of aromatic hydroxyl groups is 1. The largest absolute Gasteiger partial charge is 1.00 e. The van der Waals surface area contributed by atoms with Crippen LogP contribution in [0.5, 0.6) is 23.0 Å². The van der Waals surface area contributed by atoms with Crippen LogP contribution in [-0.4, -0.2) is 33.0 Å². The molecule has 2 aromatic rings. The van der Waals surface area contributed by atoms with Crippen molar-refractivity contribution in [2.45, 2.75) is 25.4 Å². The van der Waals surface area contributed by atoms with Crippen LogP contribution in [0.3, 0.4) is 0 Å². The Bertz CT molecular complexity index is 824. The van der Waals surface area contributed by atoms with E-state index in [1.807, 2.05) is 12.1 Å². The first-order valence-electron chi connectivity index (χ1n) is 8.62. The molecule has 2 aliphatic rings. The first-order chi connectivity index (χ1) is 12.1. The maximum absolute atomic E-state index is 10.1. The number of nitrogens with one attached hydrogen (secondary N) is 1. The Balaban J connectivity index is 0.00000196. The van der Waals surface area contributed by atoms with Gasteiger partial charge in [0.05, 0.1) is 27.9 Å². The van der Waals surface area contributed by atoms with Crippen molar-refractivity contribution in [2.24, 2.45) is 0 Å². The number of phenols is 1. The van der Waals surface area contributed by atoms with Gasteiger partial charge >= 0.3 is 0 Å². The second-order valence-electron chi connectivity index (χ2n) is 6.79. The lowest BCUT2D eigenvalue weighted by molar-refractivity contribution is -0.949. The molecule has 0 aliphatic carbocycles. The summed E-state index contributed by atoms with van der Waals surface area (Å²) >= 11 is 0. The van der Waals surface area contributed by atoms with Crippen LogP contribution in [-0.2, 0) is 19.4 Å². The zero-order chi connectivity index (χ0) is 17.6. The number of quaternary nitrogens is 1. The molecule has 2 aromatic carbocycles. The average molecular weight is 378 g/mol. The minimum absolute atomic E-state index is 0. The van der Waals surface area contributed by atoms with Crippen LogP contribution >= 0.6 is 0 Å². The Morgan fingerprint density at radius 3 is 2.19 bits per heavy atom. The molecule has 2 unspecified atom stereocenters. The lowest BCUT2D eigenvalue weighted by atomic mass is 9.83. The average Bonchev–Trinajstić information content (AvgIpc) is 2.64. The van der Waals surface area contributed by atoms with Crippen molar-refractivity contribution in [3.8, 4) is 23.0 Å². The molecule has 0 fully saturated rings. The van der Waals surface area contributed by atoms with E-state index in [1.165, 1.54) is 22.3 Å². The molecule has 2 N–H and O–H groups in total. The van der Waals surface area contributed by atoms with Crippen LogP contribution in [0, 0.1) is 0 Å². The van der Waals surface area contributed by atoms with E-state index in [9.17, 15) is 5.11 Å². The summed E-state index contributed by atoms with van der Waals surface area (Å²) in [4.78, 5) is 1.56. The molecule has 0 amide bonds. The molecular formula is C20H24ClNO4. The molecule has 2 atom stereocenters. The quantitative estimate of drug-likeness (QED) is 0.695. The SMILES string of the molecule is COc1cc2c(cc1O)CC[NH+]1Cc3cc(OC)c(OC)cc3CC21.[Cl-]. The highest BCUT2D eigenvalue weighted by Gasteiger charge is 2.37. The van der Waals surface area contributed by atoms with Crippen LogP contribution in [0.4, 0.5) is 0 Å². The molecule has 0 radical (unpaired) electrons. The van der Waals surface area contributed by atoms with Crippen LogP contribution in [0.15, 0.2) is 24.3 Å². The Morgan fingerprint density at radius 2 is 1.54 bits per heavy atom. The van der Waals surface area contributed by atoms with E-state index >= 15 is 0 Å². The van der Waals surface area contributed by atoms with Crippen LogP contribution in [0.2, 0.25) is 0 Å². The predicted octanol–water partition coefficient (Wildman–Crippen LogP) is -1.34. The Morgan fingerprint density at radius 1 is 0.885 bits per heavy atom. The van der Waals surface area contributed by atoms with Crippen molar-refractivity contribution >= 4 is 0 Å². The van der Waals surface area contributed by atoms with Gasteiger partial charge in [-0.25, -0.2) is 0 Å². The van der Waals surface area contributed by atoms with Gasteiger partial charge in [-0.2, -0.15) is 0 Å². The van der Waals surface area contributed by atoms with E-state index < -0.39 is 0 Å². The molecule has 0 spiro atoms. The summed E-state index contributed by atoms with van der Waals surface area (Å²) in [6.07, 6.45) is 1.92. The first-order valence-corrected chi connectivity index (χ1v) is 8.62. The van der Waals surface area contributed by atoms with Crippen molar-refractivity contribution in [3.63, 3.8) is 0 Å². The number of hydrogen-bond acceptors (Lipinski definition) is 4. The van der Waals surface area contributed by atoms with Crippen LogP contribution < -0.4 is 31.5 Å². The standard InChI is InChI=1S/C20H23NO4.ClH/c1-23-18-10-15-12(7-17(18)22)4-5-21-11-14-9-20(25-3)19(24-2)8-13(14)6-16(15)21;/h7-10,16,22H,4-6,11H2,1-3H3;1H. The summed E-state index contributed by atoms with van der Waals surface area (Å²) in [5.74, 6) is 2.36. The fourth-order valence-corrected chi connectivity index (χ4v) is 4.27. The van der Waals surface area contributed by atoms with Gasteiger partial charge in [0.1, 0.15) is 12.6 Å². The van der Waals surface area contributed by atoms with Gasteiger partial charge < -0.3 is 36.6 Å². The normalized spacial score (nSPS) is 20.1. The highest BCUT2D eigenvalue weighted by molar-refractivity contribution is 5.51. The summed E-state index contributed by atoms with van der Waals surface area (Å²) in [6, 6.07) is 8.49. The second-order valence-corrected chi connectivity index (χ2v) is 6.79. The molecule has 0 saturated carbocycles. The maximum atomic E-state index is 10.1. The number of benzene rings is 2. The molecule has 140 valence electrons. The van der Waals surface area contributed by atoms with Gasteiger partial charge in [0.15, 0.2) is 23.0 Å². The van der Waals surface area contributed by atoms with Gasteiger partial charge in [-0.3, -0.25) is 0 Å². The smallest absolute Gasteiger partial charge is 0.161 e. The third-order valence-electron chi connectivity index (χ3n) is 5.57. The van der Waals surface area contributed by atoms with Gasteiger partial charge in [-0.15, -0.1) is 0 Å². The van der Waals surface area contributed by atoms with Gasteiger partial charge in [-0.05, 0) is 35.4 Å². The predicted molar refractivity (Wildman–Crippen MR) is 93.9 cm³/mol. The van der Waals surface area contributed by atoms with Gasteiger partial charge in [0, 0.05) is 24.0 Å². The van der Waals surface area contributed by atoms with E-state index in [4.69, 9.17) is 14.2 Å². The maximum Gasteiger partial charge on any atom is 0.161 e. The zero-order valence-electron chi connectivity index (χ0n) is 15.3. The van der Waals surface area contributed by atoms with Crippen LogP contribution in [0.1, 0.15) is 28.3 Å². The number of halogens is 1. The summed E-state index contributed by atoms with van der Waals surface area (Å²) in [5, 5.41) is 10.1. The number of ether oxygens (including phenoxy) is 3. The molecule has 2 heterocycles. The molecule has 26 heavy (non-hydrogen) atoms. The fraction of sp³-hybridized carbons (Fsp3) is 0.400. The topological polar surface area (TPSA) is 52.4 Å². The molecular weight excluding hydrogens is 354 g/mol. The molecule has 0 saturated heterocycles. The van der Waals surface area contributed by atoms with Crippen molar-refractivity contribution in [2.75, 3.05) is 27.9 Å².